The largest absolute Gasteiger partial charge is 0.497 e. The molecule has 0 saturated heterocycles. The number of ether oxygens (including phenoxy) is 2. The van der Waals surface area contributed by atoms with Crippen LogP contribution in [0.1, 0.15) is 40.5 Å². The van der Waals surface area contributed by atoms with Crippen molar-refractivity contribution in [1.82, 2.24) is 15.2 Å². The zero-order valence-corrected chi connectivity index (χ0v) is 16.6. The summed E-state index contributed by atoms with van der Waals surface area (Å²) < 4.78 is 16.3. The molecule has 0 aliphatic rings. The summed E-state index contributed by atoms with van der Waals surface area (Å²) in [5, 5.41) is 9.05. The summed E-state index contributed by atoms with van der Waals surface area (Å²) in [5.74, 6) is 0.837. The monoisotopic (exact) mass is 391 g/mol. The molecule has 0 aliphatic heterocycles. The van der Waals surface area contributed by atoms with E-state index in [4.69, 9.17) is 13.9 Å². The van der Waals surface area contributed by atoms with E-state index in [1.54, 1.807) is 20.1 Å². The van der Waals surface area contributed by atoms with E-state index in [9.17, 15) is 4.79 Å². The van der Waals surface area contributed by atoms with E-state index in [0.29, 0.717) is 11.6 Å². The number of fused-ring (bicyclic) bond motifs is 1. The van der Waals surface area contributed by atoms with Crippen molar-refractivity contribution in [1.29, 1.82) is 0 Å². The molecule has 2 aromatic heterocycles. The fourth-order valence-corrected chi connectivity index (χ4v) is 3.23. The highest BCUT2D eigenvalue weighted by Crippen LogP contribution is 2.26. The second kappa shape index (κ2) is 7.43. The van der Waals surface area contributed by atoms with Crippen LogP contribution in [0.3, 0.4) is 0 Å². The third kappa shape index (κ3) is 3.71. The second-order valence-corrected chi connectivity index (χ2v) is 6.95. The fraction of sp³-hybridized carbons (Fsp3) is 0.227. The summed E-state index contributed by atoms with van der Waals surface area (Å²) in [6.45, 7) is 5.73. The number of esters is 1. The Morgan fingerprint density at radius 1 is 1.10 bits per heavy atom. The van der Waals surface area contributed by atoms with Crippen molar-refractivity contribution >= 4 is 16.9 Å². The van der Waals surface area contributed by atoms with Gasteiger partial charge < -0.3 is 18.9 Å². The molecule has 0 amide bonds. The van der Waals surface area contributed by atoms with Crippen molar-refractivity contribution in [3.63, 3.8) is 0 Å². The van der Waals surface area contributed by atoms with Crippen LogP contribution in [0.4, 0.5) is 0 Å². The number of aromatic nitrogens is 3. The molecule has 0 spiro atoms. The van der Waals surface area contributed by atoms with E-state index in [0.717, 1.165) is 33.3 Å². The SMILES string of the molecule is COc1ccc(-c2nnc(C(C)OC(=O)c3cc4c(C)cc(C)cc4[nH]3)o2)cc1. The molecule has 148 valence electrons. The number of aromatic amines is 1. The molecule has 7 heteroatoms. The van der Waals surface area contributed by atoms with Gasteiger partial charge in [-0.3, -0.25) is 0 Å². The molecular formula is C22H21N3O4. The maximum atomic E-state index is 12.6. The van der Waals surface area contributed by atoms with E-state index in [-0.39, 0.29) is 5.89 Å². The standard InChI is InChI=1S/C22H21N3O4/c1-12-9-13(2)17-11-19(23-18(17)10-12)22(26)28-14(3)20-24-25-21(29-20)15-5-7-16(27-4)8-6-15/h5-11,14,23H,1-4H3. The molecule has 1 unspecified atom stereocenters. The van der Waals surface area contributed by atoms with E-state index in [1.807, 2.05) is 44.2 Å². The van der Waals surface area contributed by atoms with Crippen LogP contribution in [0.15, 0.2) is 46.9 Å². The minimum absolute atomic E-state index is 0.229. The summed E-state index contributed by atoms with van der Waals surface area (Å²) >= 11 is 0. The second-order valence-electron chi connectivity index (χ2n) is 6.95. The van der Waals surface area contributed by atoms with Crippen LogP contribution in [0.5, 0.6) is 5.75 Å². The quantitative estimate of drug-likeness (QED) is 0.493. The topological polar surface area (TPSA) is 90.2 Å². The number of hydrogen-bond acceptors (Lipinski definition) is 6. The first-order chi connectivity index (χ1) is 13.9. The number of nitrogens with zero attached hydrogens (tertiary/aromatic N) is 2. The first-order valence-corrected chi connectivity index (χ1v) is 9.23. The van der Waals surface area contributed by atoms with Crippen molar-refractivity contribution in [3.05, 3.63) is 65.2 Å². The number of aryl methyl sites for hydroxylation is 2. The fourth-order valence-electron chi connectivity index (χ4n) is 3.23. The number of H-pyrrole nitrogens is 1. The Labute approximate surface area is 167 Å². The molecule has 29 heavy (non-hydrogen) atoms. The Bertz CT molecular complexity index is 1170. The summed E-state index contributed by atoms with van der Waals surface area (Å²) in [7, 11) is 1.60. The van der Waals surface area contributed by atoms with Gasteiger partial charge in [0.2, 0.25) is 5.89 Å². The molecule has 1 atom stereocenters. The summed E-state index contributed by atoms with van der Waals surface area (Å²) in [5.41, 5.74) is 4.27. The summed E-state index contributed by atoms with van der Waals surface area (Å²) in [6, 6.07) is 13.1. The number of nitrogens with one attached hydrogen (secondary N) is 1. The van der Waals surface area contributed by atoms with Crippen molar-refractivity contribution in [3.8, 4) is 17.2 Å². The van der Waals surface area contributed by atoms with Gasteiger partial charge in [-0.15, -0.1) is 10.2 Å². The molecule has 2 aromatic carbocycles. The van der Waals surface area contributed by atoms with Crippen LogP contribution in [-0.4, -0.2) is 28.3 Å². The van der Waals surface area contributed by atoms with Crippen LogP contribution in [0, 0.1) is 13.8 Å². The van der Waals surface area contributed by atoms with E-state index >= 15 is 0 Å². The van der Waals surface area contributed by atoms with Gasteiger partial charge in [-0.25, -0.2) is 4.79 Å². The number of methoxy groups -OCH3 is 1. The molecule has 0 fully saturated rings. The highest BCUT2D eigenvalue weighted by Gasteiger charge is 2.21. The molecule has 0 saturated carbocycles. The van der Waals surface area contributed by atoms with Gasteiger partial charge in [0.05, 0.1) is 7.11 Å². The van der Waals surface area contributed by atoms with Gasteiger partial charge >= 0.3 is 5.97 Å². The van der Waals surface area contributed by atoms with Gasteiger partial charge in [0.15, 0.2) is 6.10 Å². The maximum Gasteiger partial charge on any atom is 0.355 e. The zero-order chi connectivity index (χ0) is 20.5. The van der Waals surface area contributed by atoms with Gasteiger partial charge in [-0.2, -0.15) is 0 Å². The normalized spacial score (nSPS) is 12.1. The number of benzene rings is 2. The summed E-state index contributed by atoms with van der Waals surface area (Å²) in [4.78, 5) is 15.7. The average Bonchev–Trinajstić information content (AvgIpc) is 3.35. The maximum absolute atomic E-state index is 12.6. The molecule has 0 aliphatic carbocycles. The lowest BCUT2D eigenvalue weighted by Gasteiger charge is -2.08. The molecular weight excluding hydrogens is 370 g/mol. The lowest BCUT2D eigenvalue weighted by molar-refractivity contribution is 0.0274. The minimum Gasteiger partial charge on any atom is -0.497 e. The van der Waals surface area contributed by atoms with Crippen LogP contribution in [0.25, 0.3) is 22.4 Å². The van der Waals surface area contributed by atoms with Gasteiger partial charge in [-0.1, -0.05) is 6.07 Å². The number of carbonyl (C=O) groups is 1. The van der Waals surface area contributed by atoms with Crippen molar-refractivity contribution in [2.45, 2.75) is 26.9 Å². The molecule has 0 bridgehead atoms. The third-order valence-electron chi connectivity index (χ3n) is 4.72. The molecule has 4 aromatic rings. The van der Waals surface area contributed by atoms with Crippen LogP contribution in [-0.2, 0) is 4.74 Å². The van der Waals surface area contributed by atoms with E-state index in [1.165, 1.54) is 0 Å². The predicted octanol–water partition coefficient (Wildman–Crippen LogP) is 4.76. The number of hydrogen-bond donors (Lipinski definition) is 1. The predicted molar refractivity (Wildman–Crippen MR) is 108 cm³/mol. The van der Waals surface area contributed by atoms with Gasteiger partial charge in [0.1, 0.15) is 11.4 Å². The highest BCUT2D eigenvalue weighted by atomic mass is 16.6. The number of rotatable bonds is 5. The third-order valence-corrected chi connectivity index (χ3v) is 4.72. The molecule has 1 N–H and O–H groups in total. The van der Waals surface area contributed by atoms with Gasteiger partial charge in [0.25, 0.3) is 5.89 Å². The van der Waals surface area contributed by atoms with E-state index < -0.39 is 12.1 Å². The van der Waals surface area contributed by atoms with E-state index in [2.05, 4.69) is 21.2 Å². The molecule has 0 radical (unpaired) electrons. The van der Waals surface area contributed by atoms with Gasteiger partial charge in [-0.05, 0) is 68.3 Å². The van der Waals surface area contributed by atoms with Crippen LogP contribution >= 0.6 is 0 Å². The smallest absolute Gasteiger partial charge is 0.355 e. The van der Waals surface area contributed by atoms with Gasteiger partial charge in [0, 0.05) is 16.5 Å². The van der Waals surface area contributed by atoms with Crippen molar-refractivity contribution < 1.29 is 18.7 Å². The lowest BCUT2D eigenvalue weighted by Crippen LogP contribution is -2.09. The number of carbonyl (C=O) groups excluding carboxylic acids is 1. The summed E-state index contributed by atoms with van der Waals surface area (Å²) in [6.07, 6.45) is -0.684. The molecule has 7 nitrogen and oxygen atoms in total. The van der Waals surface area contributed by atoms with Crippen LogP contribution in [0.2, 0.25) is 0 Å². The molecule has 2 heterocycles. The van der Waals surface area contributed by atoms with Crippen LogP contribution < -0.4 is 4.74 Å². The lowest BCUT2D eigenvalue weighted by atomic mass is 10.1. The first-order valence-electron chi connectivity index (χ1n) is 9.23. The zero-order valence-electron chi connectivity index (χ0n) is 16.6. The average molecular weight is 391 g/mol. The Balaban J connectivity index is 1.50. The minimum atomic E-state index is -0.684. The Morgan fingerprint density at radius 3 is 2.59 bits per heavy atom. The first kappa shape index (κ1) is 18.7. The molecule has 4 rings (SSSR count). The Kier molecular flexibility index (Phi) is 4.80. The van der Waals surface area contributed by atoms with Crippen molar-refractivity contribution in [2.75, 3.05) is 7.11 Å². The van der Waals surface area contributed by atoms with Crippen molar-refractivity contribution in [2.24, 2.45) is 0 Å². The highest BCUT2D eigenvalue weighted by molar-refractivity contribution is 5.96. The Hall–Kier alpha value is -3.61. The Morgan fingerprint density at radius 2 is 1.86 bits per heavy atom.